The van der Waals surface area contributed by atoms with Crippen LogP contribution < -0.4 is 10.6 Å². The van der Waals surface area contributed by atoms with Crippen LogP contribution in [0.2, 0.25) is 0 Å². The average molecular weight is 406 g/mol. The number of aromatic nitrogens is 1. The molecule has 28 heavy (non-hydrogen) atoms. The van der Waals surface area contributed by atoms with Gasteiger partial charge < -0.3 is 20.1 Å². The van der Waals surface area contributed by atoms with Crippen molar-refractivity contribution in [1.29, 1.82) is 0 Å². The second kappa shape index (κ2) is 8.05. The fourth-order valence-corrected chi connectivity index (χ4v) is 3.53. The minimum absolute atomic E-state index is 0.159. The minimum Gasteiger partial charge on any atom is -0.360 e. The molecule has 1 atom stereocenters. The molecule has 0 spiro atoms. The average Bonchev–Trinajstić information content (AvgIpc) is 3.03. The van der Waals surface area contributed by atoms with Crippen molar-refractivity contribution in [3.63, 3.8) is 0 Å². The van der Waals surface area contributed by atoms with Crippen LogP contribution in [-0.2, 0) is 4.79 Å². The molecule has 1 aromatic heterocycles. The Labute approximate surface area is 166 Å². The molecule has 9 heteroatoms. The molecular weight excluding hydrogens is 386 g/mol. The van der Waals surface area contributed by atoms with Crippen LogP contribution in [0, 0.1) is 18.6 Å². The van der Waals surface area contributed by atoms with Crippen molar-refractivity contribution in [2.75, 3.05) is 11.9 Å². The molecule has 2 aromatic rings. The maximum Gasteiger partial charge on any atom is 0.257 e. The van der Waals surface area contributed by atoms with Crippen LogP contribution in [0.3, 0.4) is 0 Å². The second-order valence-electron chi connectivity index (χ2n) is 6.45. The number of amides is 1. The fourth-order valence-electron chi connectivity index (χ4n) is 3.18. The van der Waals surface area contributed by atoms with E-state index in [1.54, 1.807) is 24.8 Å². The van der Waals surface area contributed by atoms with Gasteiger partial charge in [-0.05, 0) is 44.6 Å². The Hall–Kier alpha value is -2.81. The van der Waals surface area contributed by atoms with Crippen LogP contribution in [-0.4, -0.2) is 27.6 Å². The van der Waals surface area contributed by atoms with Crippen molar-refractivity contribution >= 4 is 29.1 Å². The van der Waals surface area contributed by atoms with Crippen molar-refractivity contribution in [3.05, 3.63) is 58.5 Å². The summed E-state index contributed by atoms with van der Waals surface area (Å²) >= 11 is 5.38. The van der Waals surface area contributed by atoms with Crippen molar-refractivity contribution in [1.82, 2.24) is 15.4 Å². The summed E-state index contributed by atoms with van der Waals surface area (Å²) in [7, 11) is 0. The Bertz CT molecular complexity index is 937. The summed E-state index contributed by atoms with van der Waals surface area (Å²) in [6.07, 6.45) is 0.773. The van der Waals surface area contributed by atoms with E-state index in [-0.39, 0.29) is 17.0 Å². The lowest BCUT2D eigenvalue weighted by atomic mass is 9.93. The van der Waals surface area contributed by atoms with Gasteiger partial charge in [-0.3, -0.25) is 4.79 Å². The number of hydrogen-bond donors (Lipinski definition) is 2. The Morgan fingerprint density at radius 1 is 1.36 bits per heavy atom. The van der Waals surface area contributed by atoms with E-state index in [1.807, 2.05) is 6.92 Å². The van der Waals surface area contributed by atoms with Crippen LogP contribution in [0.25, 0.3) is 0 Å². The topological polar surface area (TPSA) is 70.4 Å². The molecule has 148 valence electrons. The lowest BCUT2D eigenvalue weighted by molar-refractivity contribution is -0.113. The first-order valence-corrected chi connectivity index (χ1v) is 9.21. The first kappa shape index (κ1) is 19.9. The van der Waals surface area contributed by atoms with Gasteiger partial charge in [-0.25, -0.2) is 8.78 Å². The molecule has 0 fully saturated rings. The van der Waals surface area contributed by atoms with Gasteiger partial charge in [-0.1, -0.05) is 18.1 Å². The maximum absolute atomic E-state index is 14.5. The van der Waals surface area contributed by atoms with Gasteiger partial charge in [0.15, 0.2) is 10.9 Å². The molecule has 1 aliphatic rings. The van der Waals surface area contributed by atoms with E-state index >= 15 is 0 Å². The highest BCUT2D eigenvalue weighted by Crippen LogP contribution is 2.34. The third kappa shape index (κ3) is 3.75. The molecule has 0 bridgehead atoms. The largest absolute Gasteiger partial charge is 0.360 e. The van der Waals surface area contributed by atoms with Gasteiger partial charge in [0.25, 0.3) is 5.91 Å². The number of hydrogen-bond acceptors (Lipinski definition) is 4. The highest BCUT2D eigenvalue weighted by Gasteiger charge is 2.36. The number of halogens is 2. The summed E-state index contributed by atoms with van der Waals surface area (Å²) in [5, 5.41) is 9.59. The Morgan fingerprint density at radius 3 is 2.61 bits per heavy atom. The molecule has 0 aliphatic carbocycles. The lowest BCUT2D eigenvalue weighted by Crippen LogP contribution is -2.49. The molecule has 2 heterocycles. The fraction of sp³-hybridized carbons (Fsp3) is 0.316. The maximum atomic E-state index is 14.5. The first-order valence-electron chi connectivity index (χ1n) is 8.80. The Morgan fingerprint density at radius 2 is 2.04 bits per heavy atom. The normalized spacial score (nSPS) is 17.0. The van der Waals surface area contributed by atoms with E-state index in [0.29, 0.717) is 23.1 Å². The Kier molecular flexibility index (Phi) is 5.73. The predicted octanol–water partition coefficient (Wildman–Crippen LogP) is 3.82. The molecule has 3 rings (SSSR count). The third-order valence-electron chi connectivity index (χ3n) is 4.45. The quantitative estimate of drug-likeness (QED) is 0.736. The molecule has 1 aliphatic heterocycles. The second-order valence-corrected chi connectivity index (χ2v) is 6.83. The monoisotopic (exact) mass is 406 g/mol. The number of thiocarbonyl (C=S) groups is 1. The number of aryl methyl sites for hydroxylation is 1. The molecule has 1 aromatic carbocycles. The number of nitrogens with zero attached hydrogens (tertiary/aromatic N) is 2. The van der Waals surface area contributed by atoms with E-state index in [1.165, 1.54) is 6.07 Å². The van der Waals surface area contributed by atoms with E-state index in [0.717, 1.165) is 18.6 Å². The van der Waals surface area contributed by atoms with Crippen LogP contribution in [0.1, 0.15) is 37.6 Å². The van der Waals surface area contributed by atoms with E-state index in [4.69, 9.17) is 16.7 Å². The molecule has 0 radical (unpaired) electrons. The number of nitrogens with one attached hydrogen (secondary N) is 2. The number of anilines is 1. The molecule has 6 nitrogen and oxygen atoms in total. The van der Waals surface area contributed by atoms with Crippen molar-refractivity contribution in [2.24, 2.45) is 0 Å². The smallest absolute Gasteiger partial charge is 0.257 e. The summed E-state index contributed by atoms with van der Waals surface area (Å²) in [4.78, 5) is 14.8. The molecule has 0 saturated carbocycles. The van der Waals surface area contributed by atoms with Crippen LogP contribution in [0.15, 0.2) is 40.1 Å². The molecule has 0 saturated heterocycles. The highest BCUT2D eigenvalue weighted by atomic mass is 32.1. The van der Waals surface area contributed by atoms with Gasteiger partial charge in [0, 0.05) is 18.3 Å². The van der Waals surface area contributed by atoms with Crippen molar-refractivity contribution in [2.45, 2.75) is 33.2 Å². The predicted molar refractivity (Wildman–Crippen MR) is 104 cm³/mol. The zero-order valence-corrected chi connectivity index (χ0v) is 16.5. The van der Waals surface area contributed by atoms with Gasteiger partial charge in [0.2, 0.25) is 0 Å². The summed E-state index contributed by atoms with van der Waals surface area (Å²) in [6, 6.07) is 4.04. The zero-order valence-electron chi connectivity index (χ0n) is 15.7. The molecule has 0 unspecified atom stereocenters. The molecule has 1 amide bonds. The summed E-state index contributed by atoms with van der Waals surface area (Å²) in [5.41, 5.74) is 0.421. The van der Waals surface area contributed by atoms with Crippen LogP contribution >= 0.6 is 12.2 Å². The highest BCUT2D eigenvalue weighted by molar-refractivity contribution is 7.80. The Balaban J connectivity index is 2.09. The van der Waals surface area contributed by atoms with Crippen molar-refractivity contribution < 1.29 is 18.1 Å². The number of allylic oxidation sites excluding steroid dienone is 1. The summed E-state index contributed by atoms with van der Waals surface area (Å²) < 4.78 is 33.9. The number of benzene rings is 1. The van der Waals surface area contributed by atoms with Crippen molar-refractivity contribution in [3.8, 4) is 0 Å². The van der Waals surface area contributed by atoms with Crippen LogP contribution in [0.4, 0.5) is 14.6 Å². The SMILES string of the molecule is CCCN1C(=S)N[C@@H](c2c(F)cccc2F)C(C(=O)Nc2cc(C)on2)=C1C. The number of carbonyl (C=O) groups excluding carboxylic acids is 1. The summed E-state index contributed by atoms with van der Waals surface area (Å²) in [5.74, 6) is -1.34. The van der Waals surface area contributed by atoms with Gasteiger partial charge in [0.05, 0.1) is 17.2 Å². The van der Waals surface area contributed by atoms with Gasteiger partial charge in [-0.15, -0.1) is 0 Å². The molecular formula is C19H20F2N4O2S. The number of carbonyl (C=O) groups is 1. The number of rotatable bonds is 5. The van der Waals surface area contributed by atoms with Gasteiger partial charge >= 0.3 is 0 Å². The van der Waals surface area contributed by atoms with Gasteiger partial charge in [-0.2, -0.15) is 0 Å². The van der Waals surface area contributed by atoms with E-state index in [2.05, 4.69) is 15.8 Å². The van der Waals surface area contributed by atoms with E-state index < -0.39 is 23.6 Å². The van der Waals surface area contributed by atoms with Gasteiger partial charge in [0.1, 0.15) is 17.4 Å². The first-order chi connectivity index (χ1) is 13.3. The third-order valence-corrected chi connectivity index (χ3v) is 4.78. The standard InChI is InChI=1S/C19H20F2N4O2S/c1-4-8-25-11(3)15(18(26)22-14-9-10(2)27-24-14)17(23-19(25)28)16-12(20)6-5-7-13(16)21/h5-7,9,17H,4,8H2,1-3H3,(H,23,28)(H,22,24,26)/t17-/m1/s1. The van der Waals surface area contributed by atoms with E-state index in [9.17, 15) is 13.6 Å². The van der Waals surface area contributed by atoms with Crippen LogP contribution in [0.5, 0.6) is 0 Å². The summed E-state index contributed by atoms with van der Waals surface area (Å²) in [6.45, 7) is 5.92. The lowest BCUT2D eigenvalue weighted by Gasteiger charge is -2.37. The molecule has 2 N–H and O–H groups in total. The zero-order chi connectivity index (χ0) is 20.4. The minimum atomic E-state index is -1.07.